The second kappa shape index (κ2) is 33.5. The fourth-order valence-corrected chi connectivity index (χ4v) is 6.12. The van der Waals surface area contributed by atoms with Crippen LogP contribution in [-0.2, 0) is 32.7 Å². The smallest absolute Gasteiger partial charge is 0.462 e. The van der Waals surface area contributed by atoms with Crippen molar-refractivity contribution in [3.63, 3.8) is 0 Å². The van der Waals surface area contributed by atoms with Crippen molar-refractivity contribution in [1.29, 1.82) is 0 Å². The Bertz CT molecular complexity index is 766. The summed E-state index contributed by atoms with van der Waals surface area (Å²) in [5.74, 6) is -0.976. The molecule has 280 valence electrons. The van der Waals surface area contributed by atoms with Crippen LogP contribution in [0.2, 0.25) is 0 Å². The van der Waals surface area contributed by atoms with Crippen molar-refractivity contribution in [3.8, 4) is 0 Å². The number of rotatable bonds is 36. The van der Waals surface area contributed by atoms with Crippen molar-refractivity contribution in [2.45, 2.75) is 193 Å². The number of carbonyl (C=O) groups is 2. The predicted octanol–water partition coefficient (Wildman–Crippen LogP) is 9.11. The molecular formula is C36H71O10P. The second-order valence-electron chi connectivity index (χ2n) is 13.0. The molecule has 0 saturated carbocycles. The Balaban J connectivity index is 3.74. The quantitative estimate of drug-likeness (QED) is 0.0329. The summed E-state index contributed by atoms with van der Waals surface area (Å²) in [6, 6.07) is 0. The number of aliphatic hydroxyl groups excluding tert-OH is 2. The highest BCUT2D eigenvalue weighted by Crippen LogP contribution is 2.43. The fraction of sp³-hybridized carbons (Fsp3) is 0.944. The van der Waals surface area contributed by atoms with E-state index in [1.54, 1.807) is 6.92 Å². The van der Waals surface area contributed by atoms with Gasteiger partial charge in [0, 0.05) is 12.8 Å². The Morgan fingerprint density at radius 2 is 0.957 bits per heavy atom. The maximum absolute atomic E-state index is 12.2. The van der Waals surface area contributed by atoms with Gasteiger partial charge in [0.25, 0.3) is 0 Å². The van der Waals surface area contributed by atoms with Crippen molar-refractivity contribution in [3.05, 3.63) is 0 Å². The van der Waals surface area contributed by atoms with Crippen molar-refractivity contribution in [2.24, 2.45) is 0 Å². The van der Waals surface area contributed by atoms with Gasteiger partial charge in [-0.25, -0.2) is 4.57 Å². The second-order valence-corrected chi connectivity index (χ2v) is 14.4. The standard InChI is InChI=1S/C36H71O10P/c1-3-5-6-7-8-9-10-11-12-13-14-15-16-17-18-19-20-21-22-23-24-25-26-28-35(39)43-31-34(46-36(40)27-4-2)32-45-47(41,42)44-30-33(38)29-37/h33-34,37-38H,3-32H2,1-2H3,(H,41,42)/t33-,34+/m0/s1. The van der Waals surface area contributed by atoms with E-state index in [-0.39, 0.29) is 19.4 Å². The minimum Gasteiger partial charge on any atom is -0.462 e. The van der Waals surface area contributed by atoms with Crippen molar-refractivity contribution in [1.82, 2.24) is 0 Å². The minimum absolute atomic E-state index is 0.139. The topological polar surface area (TPSA) is 149 Å². The van der Waals surface area contributed by atoms with Gasteiger partial charge < -0.3 is 24.6 Å². The van der Waals surface area contributed by atoms with Crippen LogP contribution in [0.15, 0.2) is 0 Å². The number of esters is 2. The third-order valence-electron chi connectivity index (χ3n) is 8.23. The number of ether oxygens (including phenoxy) is 2. The summed E-state index contributed by atoms with van der Waals surface area (Å²) in [6.07, 6.45) is 28.6. The maximum Gasteiger partial charge on any atom is 0.472 e. The molecule has 0 saturated heterocycles. The lowest BCUT2D eigenvalue weighted by Crippen LogP contribution is -2.29. The van der Waals surface area contributed by atoms with Gasteiger partial charge in [-0.3, -0.25) is 18.6 Å². The normalized spacial score (nSPS) is 14.1. The SMILES string of the molecule is CCCCCCCCCCCCCCCCCCCCCCCCCC(=O)OC[C@H](COP(=O)(O)OC[C@@H](O)CO)OC(=O)CCC. The Hall–Kier alpha value is -1.03. The zero-order chi connectivity index (χ0) is 34.9. The van der Waals surface area contributed by atoms with Crippen molar-refractivity contribution in [2.75, 3.05) is 26.4 Å². The third-order valence-corrected chi connectivity index (χ3v) is 9.18. The number of carbonyl (C=O) groups excluding carboxylic acids is 2. The number of unbranched alkanes of at least 4 members (excludes halogenated alkanes) is 22. The first-order chi connectivity index (χ1) is 22.7. The highest BCUT2D eigenvalue weighted by molar-refractivity contribution is 7.47. The Morgan fingerprint density at radius 3 is 1.36 bits per heavy atom. The van der Waals surface area contributed by atoms with E-state index in [1.165, 1.54) is 128 Å². The van der Waals surface area contributed by atoms with Gasteiger partial charge in [-0.15, -0.1) is 0 Å². The molecule has 0 aromatic rings. The van der Waals surface area contributed by atoms with E-state index in [1.807, 2.05) is 0 Å². The lowest BCUT2D eigenvalue weighted by molar-refractivity contribution is -0.161. The van der Waals surface area contributed by atoms with Crippen LogP contribution in [0, 0.1) is 0 Å². The van der Waals surface area contributed by atoms with Crippen LogP contribution in [0.3, 0.4) is 0 Å². The molecule has 3 N–H and O–H groups in total. The first-order valence-corrected chi connectivity index (χ1v) is 20.5. The number of hydrogen-bond acceptors (Lipinski definition) is 9. The molecule has 0 aromatic carbocycles. The monoisotopic (exact) mass is 694 g/mol. The maximum atomic E-state index is 12.2. The van der Waals surface area contributed by atoms with Gasteiger partial charge in [-0.05, 0) is 12.8 Å². The van der Waals surface area contributed by atoms with E-state index in [4.69, 9.17) is 19.1 Å². The average Bonchev–Trinajstić information content (AvgIpc) is 3.05. The molecule has 0 aliphatic heterocycles. The molecule has 47 heavy (non-hydrogen) atoms. The first kappa shape index (κ1) is 46.0. The fourth-order valence-electron chi connectivity index (χ4n) is 5.33. The van der Waals surface area contributed by atoms with E-state index in [9.17, 15) is 24.2 Å². The lowest BCUT2D eigenvalue weighted by atomic mass is 10.0. The zero-order valence-electron chi connectivity index (χ0n) is 30.0. The van der Waals surface area contributed by atoms with Gasteiger partial charge in [0.15, 0.2) is 6.10 Å². The van der Waals surface area contributed by atoms with E-state index < -0.39 is 51.8 Å². The van der Waals surface area contributed by atoms with Crippen LogP contribution < -0.4 is 0 Å². The average molecular weight is 695 g/mol. The van der Waals surface area contributed by atoms with Gasteiger partial charge in [0.05, 0.1) is 19.8 Å². The summed E-state index contributed by atoms with van der Waals surface area (Å²) in [5, 5.41) is 18.1. The molecule has 0 spiro atoms. The number of aliphatic hydroxyl groups is 2. The minimum atomic E-state index is -4.58. The molecule has 0 rings (SSSR count). The van der Waals surface area contributed by atoms with Gasteiger partial charge in [-0.1, -0.05) is 155 Å². The van der Waals surface area contributed by atoms with Gasteiger partial charge in [0.1, 0.15) is 12.7 Å². The molecule has 0 heterocycles. The van der Waals surface area contributed by atoms with Gasteiger partial charge >= 0.3 is 19.8 Å². The van der Waals surface area contributed by atoms with E-state index in [0.29, 0.717) is 12.8 Å². The van der Waals surface area contributed by atoms with Gasteiger partial charge in [-0.2, -0.15) is 0 Å². The summed E-state index contributed by atoms with van der Waals surface area (Å²) in [5.41, 5.74) is 0. The van der Waals surface area contributed by atoms with Crippen LogP contribution in [0.5, 0.6) is 0 Å². The number of hydrogen-bond donors (Lipinski definition) is 3. The van der Waals surface area contributed by atoms with Crippen LogP contribution in [0.1, 0.15) is 181 Å². The van der Waals surface area contributed by atoms with E-state index >= 15 is 0 Å². The van der Waals surface area contributed by atoms with Crippen molar-refractivity contribution < 1.29 is 47.8 Å². The molecule has 1 unspecified atom stereocenters. The van der Waals surface area contributed by atoms with Gasteiger partial charge in [0.2, 0.25) is 0 Å². The van der Waals surface area contributed by atoms with Crippen LogP contribution in [0.4, 0.5) is 0 Å². The first-order valence-electron chi connectivity index (χ1n) is 19.0. The summed E-state index contributed by atoms with van der Waals surface area (Å²) < 4.78 is 31.9. The zero-order valence-corrected chi connectivity index (χ0v) is 30.9. The van der Waals surface area contributed by atoms with E-state index in [0.717, 1.165) is 12.8 Å². The van der Waals surface area contributed by atoms with Crippen LogP contribution in [-0.4, -0.2) is 65.7 Å². The molecule has 0 fully saturated rings. The molecule has 0 radical (unpaired) electrons. The Labute approximate surface area is 286 Å². The predicted molar refractivity (Wildman–Crippen MR) is 187 cm³/mol. The van der Waals surface area contributed by atoms with Crippen molar-refractivity contribution >= 4 is 19.8 Å². The number of phosphoric acid groups is 1. The third kappa shape index (κ3) is 33.3. The Kier molecular flexibility index (Phi) is 32.7. The molecule has 3 atom stereocenters. The number of phosphoric ester groups is 1. The summed E-state index contributed by atoms with van der Waals surface area (Å²) in [4.78, 5) is 33.9. The summed E-state index contributed by atoms with van der Waals surface area (Å²) >= 11 is 0. The highest BCUT2D eigenvalue weighted by atomic mass is 31.2. The largest absolute Gasteiger partial charge is 0.472 e. The Morgan fingerprint density at radius 1 is 0.553 bits per heavy atom. The molecular weight excluding hydrogens is 623 g/mol. The summed E-state index contributed by atoms with van der Waals surface area (Å²) in [6.45, 7) is 1.97. The molecule has 0 aliphatic carbocycles. The highest BCUT2D eigenvalue weighted by Gasteiger charge is 2.27. The van der Waals surface area contributed by atoms with Crippen LogP contribution >= 0.6 is 7.82 Å². The molecule has 11 heteroatoms. The molecule has 0 bridgehead atoms. The van der Waals surface area contributed by atoms with Crippen LogP contribution in [0.25, 0.3) is 0 Å². The molecule has 0 aromatic heterocycles. The molecule has 0 amide bonds. The summed E-state index contributed by atoms with van der Waals surface area (Å²) in [7, 11) is -4.58. The lowest BCUT2D eigenvalue weighted by Gasteiger charge is -2.20. The molecule has 10 nitrogen and oxygen atoms in total. The van der Waals surface area contributed by atoms with E-state index in [2.05, 4.69) is 11.4 Å². The molecule has 0 aliphatic rings.